The van der Waals surface area contributed by atoms with Crippen LogP contribution in [-0.4, -0.2) is 0 Å². The average molecular weight is 333 g/mol. The Morgan fingerprint density at radius 2 is 1.84 bits per heavy atom. The summed E-state index contributed by atoms with van der Waals surface area (Å²) in [5.74, 6) is 0. The second-order valence-electron chi connectivity index (χ2n) is 4.15. The summed E-state index contributed by atoms with van der Waals surface area (Å²) in [6.45, 7) is 2.01. The normalized spacial score (nSPS) is 11.7. The fourth-order valence-corrected chi connectivity index (χ4v) is 2.90. The van der Waals surface area contributed by atoms with Crippen LogP contribution in [0, 0.1) is 18.3 Å². The largest absolute Gasteiger partial charge is 0.192 e. The summed E-state index contributed by atoms with van der Waals surface area (Å²) in [5, 5.41) is 9.81. The minimum Gasteiger partial charge on any atom is -0.192 e. The molecule has 0 saturated heterocycles. The molecule has 0 aliphatic carbocycles. The van der Waals surface area contributed by atoms with Crippen LogP contribution in [0.25, 0.3) is 10.6 Å². The number of benzene rings is 2. The topological polar surface area (TPSA) is 23.8 Å². The second kappa shape index (κ2) is 6.06. The molecule has 0 aliphatic heterocycles. The van der Waals surface area contributed by atoms with Crippen molar-refractivity contribution in [1.29, 1.82) is 5.26 Å². The van der Waals surface area contributed by atoms with E-state index in [0.717, 1.165) is 21.2 Å². The third-order valence-electron chi connectivity index (χ3n) is 2.75. The van der Waals surface area contributed by atoms with Crippen LogP contribution in [0.5, 0.6) is 0 Å². The summed E-state index contributed by atoms with van der Waals surface area (Å²) in [7, 11) is 0. The molecule has 0 spiro atoms. The Balaban J connectivity index is 2.59. The van der Waals surface area contributed by atoms with Gasteiger partial charge in [-0.25, -0.2) is 0 Å². The molecule has 2 aromatic rings. The van der Waals surface area contributed by atoms with Crippen molar-refractivity contribution in [2.45, 2.75) is 6.92 Å². The van der Waals surface area contributed by atoms with Gasteiger partial charge in [-0.2, -0.15) is 5.26 Å². The van der Waals surface area contributed by atoms with Gasteiger partial charge in [-0.3, -0.25) is 0 Å². The molecule has 0 unspecified atom stereocenters. The van der Waals surface area contributed by atoms with E-state index in [0.29, 0.717) is 10.6 Å². The van der Waals surface area contributed by atoms with Gasteiger partial charge in [-0.05, 0) is 24.1 Å². The van der Waals surface area contributed by atoms with Crippen molar-refractivity contribution in [3.8, 4) is 6.07 Å². The second-order valence-corrected chi connectivity index (χ2v) is 5.38. The molecule has 0 fully saturated rings. The van der Waals surface area contributed by atoms with E-state index in [9.17, 15) is 5.26 Å². The lowest BCUT2D eigenvalue weighted by molar-refractivity contribution is 1.43. The maximum absolute atomic E-state index is 9.35. The molecule has 0 amide bonds. The van der Waals surface area contributed by atoms with E-state index in [2.05, 4.69) is 22.0 Å². The van der Waals surface area contributed by atoms with E-state index in [-0.39, 0.29) is 0 Å². The van der Waals surface area contributed by atoms with E-state index >= 15 is 0 Å². The predicted molar refractivity (Wildman–Crippen MR) is 83.6 cm³/mol. The molecular formula is C16H11BrClN. The first-order valence-corrected chi connectivity index (χ1v) is 6.92. The number of hydrogen-bond donors (Lipinski definition) is 0. The number of halogens is 2. The molecular weight excluding hydrogens is 322 g/mol. The summed E-state index contributed by atoms with van der Waals surface area (Å²) in [6, 6.07) is 17.5. The van der Waals surface area contributed by atoms with Gasteiger partial charge in [0, 0.05) is 10.0 Å². The van der Waals surface area contributed by atoms with Crippen LogP contribution in [-0.2, 0) is 0 Å². The molecule has 0 radical (unpaired) electrons. The maximum Gasteiger partial charge on any atom is 0.101 e. The first-order valence-electron chi connectivity index (χ1n) is 5.75. The number of nitriles is 1. The van der Waals surface area contributed by atoms with Crippen LogP contribution >= 0.6 is 27.5 Å². The zero-order valence-corrected chi connectivity index (χ0v) is 12.7. The number of rotatable bonds is 2. The van der Waals surface area contributed by atoms with E-state index in [1.807, 2.05) is 55.5 Å². The van der Waals surface area contributed by atoms with E-state index < -0.39 is 0 Å². The Labute approximate surface area is 126 Å². The standard InChI is InChI=1S/C16H11BrClN/c1-11-7-8-13(15(17)9-11)16(18)14(10-19)12-5-3-2-4-6-12/h2-9H,1H3/b16-14+. The Morgan fingerprint density at radius 3 is 2.42 bits per heavy atom. The fourth-order valence-electron chi connectivity index (χ4n) is 1.78. The van der Waals surface area contributed by atoms with Crippen molar-refractivity contribution in [2.75, 3.05) is 0 Å². The monoisotopic (exact) mass is 331 g/mol. The van der Waals surface area contributed by atoms with Crippen molar-refractivity contribution in [3.63, 3.8) is 0 Å². The van der Waals surface area contributed by atoms with Gasteiger partial charge in [0.25, 0.3) is 0 Å². The highest BCUT2D eigenvalue weighted by Gasteiger charge is 2.11. The smallest absolute Gasteiger partial charge is 0.101 e. The van der Waals surface area contributed by atoms with Crippen LogP contribution in [0.2, 0.25) is 0 Å². The average Bonchev–Trinajstić information content (AvgIpc) is 2.40. The number of allylic oxidation sites excluding steroid dienone is 1. The van der Waals surface area contributed by atoms with Gasteiger partial charge in [-0.15, -0.1) is 0 Å². The van der Waals surface area contributed by atoms with Gasteiger partial charge in [0.15, 0.2) is 0 Å². The molecule has 0 aromatic heterocycles. The van der Waals surface area contributed by atoms with Gasteiger partial charge in [-0.1, -0.05) is 70.0 Å². The molecule has 1 nitrogen and oxygen atoms in total. The van der Waals surface area contributed by atoms with Gasteiger partial charge in [0.1, 0.15) is 6.07 Å². The summed E-state index contributed by atoms with van der Waals surface area (Å²) >= 11 is 9.88. The van der Waals surface area contributed by atoms with Crippen molar-refractivity contribution in [3.05, 3.63) is 69.7 Å². The number of nitrogens with zero attached hydrogens (tertiary/aromatic N) is 1. The first-order chi connectivity index (χ1) is 9.13. The highest BCUT2D eigenvalue weighted by Crippen LogP contribution is 2.34. The first kappa shape index (κ1) is 13.9. The van der Waals surface area contributed by atoms with Crippen molar-refractivity contribution >= 4 is 38.1 Å². The molecule has 0 heterocycles. The molecule has 0 bridgehead atoms. The van der Waals surface area contributed by atoms with Crippen LogP contribution in [0.15, 0.2) is 53.0 Å². The molecule has 2 rings (SSSR count). The zero-order chi connectivity index (χ0) is 13.8. The third-order valence-corrected chi connectivity index (χ3v) is 3.80. The Hall–Kier alpha value is -1.56. The lowest BCUT2D eigenvalue weighted by Crippen LogP contribution is -1.88. The molecule has 94 valence electrons. The molecule has 0 saturated carbocycles. The Morgan fingerprint density at radius 1 is 1.16 bits per heavy atom. The van der Waals surface area contributed by atoms with E-state index in [1.54, 1.807) is 0 Å². The van der Waals surface area contributed by atoms with E-state index in [1.165, 1.54) is 0 Å². The highest BCUT2D eigenvalue weighted by molar-refractivity contribution is 9.10. The lowest BCUT2D eigenvalue weighted by Gasteiger charge is -2.07. The molecule has 2 aromatic carbocycles. The molecule has 0 aliphatic rings. The Bertz CT molecular complexity index is 669. The SMILES string of the molecule is Cc1ccc(/C(Cl)=C(/C#N)c2ccccc2)c(Br)c1. The minimum atomic E-state index is 0.459. The lowest BCUT2D eigenvalue weighted by atomic mass is 10.0. The fraction of sp³-hybridized carbons (Fsp3) is 0.0625. The van der Waals surface area contributed by atoms with Crippen molar-refractivity contribution in [1.82, 2.24) is 0 Å². The maximum atomic E-state index is 9.35. The van der Waals surface area contributed by atoms with E-state index in [4.69, 9.17) is 11.6 Å². The minimum absolute atomic E-state index is 0.459. The van der Waals surface area contributed by atoms with Crippen LogP contribution in [0.3, 0.4) is 0 Å². The van der Waals surface area contributed by atoms with Gasteiger partial charge < -0.3 is 0 Å². The molecule has 0 N–H and O–H groups in total. The van der Waals surface area contributed by atoms with Gasteiger partial charge in [0.05, 0.1) is 10.6 Å². The quantitative estimate of drug-likeness (QED) is 0.534. The van der Waals surface area contributed by atoms with Crippen LogP contribution < -0.4 is 0 Å². The van der Waals surface area contributed by atoms with Crippen molar-refractivity contribution in [2.24, 2.45) is 0 Å². The van der Waals surface area contributed by atoms with Crippen molar-refractivity contribution < 1.29 is 0 Å². The summed E-state index contributed by atoms with van der Waals surface area (Å²) in [5.41, 5.74) is 3.26. The number of aryl methyl sites for hydroxylation is 1. The molecule has 19 heavy (non-hydrogen) atoms. The van der Waals surface area contributed by atoms with Gasteiger partial charge in [0.2, 0.25) is 0 Å². The van der Waals surface area contributed by atoms with Crippen LogP contribution in [0.1, 0.15) is 16.7 Å². The summed E-state index contributed by atoms with van der Waals surface area (Å²) < 4.78 is 0.890. The molecule has 3 heteroatoms. The highest BCUT2D eigenvalue weighted by atomic mass is 79.9. The number of hydrogen-bond acceptors (Lipinski definition) is 1. The summed E-state index contributed by atoms with van der Waals surface area (Å²) in [6.07, 6.45) is 0. The van der Waals surface area contributed by atoms with Gasteiger partial charge >= 0.3 is 0 Å². The Kier molecular flexibility index (Phi) is 4.42. The molecule has 0 atom stereocenters. The third kappa shape index (κ3) is 3.07. The van der Waals surface area contributed by atoms with Crippen LogP contribution in [0.4, 0.5) is 0 Å². The predicted octanol–water partition coefficient (Wildman–Crippen LogP) is 5.39. The summed E-state index contributed by atoms with van der Waals surface area (Å²) in [4.78, 5) is 0. The zero-order valence-electron chi connectivity index (χ0n) is 10.3.